The first-order chi connectivity index (χ1) is 10.4. The summed E-state index contributed by atoms with van der Waals surface area (Å²) >= 11 is 4.64. The van der Waals surface area contributed by atoms with Gasteiger partial charge in [-0.2, -0.15) is 17.5 Å². The topological polar surface area (TPSA) is 53.9 Å². The van der Waals surface area contributed by atoms with Crippen molar-refractivity contribution in [2.24, 2.45) is 4.36 Å². The van der Waals surface area contributed by atoms with Crippen molar-refractivity contribution in [3.8, 4) is 11.4 Å². The maximum atomic E-state index is 12.7. The van der Waals surface area contributed by atoms with E-state index in [9.17, 15) is 13.2 Å². The van der Waals surface area contributed by atoms with Crippen LogP contribution >= 0.6 is 0 Å². The van der Waals surface area contributed by atoms with Crippen molar-refractivity contribution in [2.45, 2.75) is 13.1 Å². The molecule has 1 aromatic carbocycles. The molecule has 22 heavy (non-hydrogen) atoms. The van der Waals surface area contributed by atoms with Gasteiger partial charge in [0.05, 0.1) is 16.6 Å². The largest absolute Gasteiger partial charge is 0.416 e. The summed E-state index contributed by atoms with van der Waals surface area (Å²) in [7, 11) is 0. The van der Waals surface area contributed by atoms with Crippen LogP contribution in [0.2, 0.25) is 0 Å². The molecular formula is C14H9F3N4S. The van der Waals surface area contributed by atoms with Crippen LogP contribution < -0.4 is 0 Å². The zero-order valence-corrected chi connectivity index (χ0v) is 12.1. The van der Waals surface area contributed by atoms with Crippen molar-refractivity contribution in [3.05, 3.63) is 41.6 Å². The van der Waals surface area contributed by atoms with E-state index >= 15 is 0 Å². The number of aromatic nitrogens is 3. The lowest BCUT2D eigenvalue weighted by molar-refractivity contribution is -0.137. The number of benzene rings is 1. The van der Waals surface area contributed by atoms with Gasteiger partial charge in [-0.25, -0.2) is 9.97 Å². The molecule has 112 valence electrons. The van der Waals surface area contributed by atoms with E-state index in [1.165, 1.54) is 12.3 Å². The molecule has 0 radical (unpaired) electrons. The lowest BCUT2D eigenvalue weighted by atomic mass is 10.1. The lowest BCUT2D eigenvalue weighted by Crippen LogP contribution is -2.04. The predicted octanol–water partition coefficient (Wildman–Crippen LogP) is 4.31. The Morgan fingerprint density at radius 2 is 2.00 bits per heavy atom. The number of imidazole rings is 1. The summed E-state index contributed by atoms with van der Waals surface area (Å²) in [5.74, 6) is 0.845. The summed E-state index contributed by atoms with van der Waals surface area (Å²) in [6.45, 7) is 1.78. The van der Waals surface area contributed by atoms with Crippen molar-refractivity contribution >= 4 is 29.3 Å². The fraction of sp³-hybridized carbons (Fsp3) is 0.143. The summed E-state index contributed by atoms with van der Waals surface area (Å²) in [4.78, 5) is 11.2. The van der Waals surface area contributed by atoms with Crippen LogP contribution in [0.5, 0.6) is 0 Å². The molecule has 0 atom stereocenters. The number of alkyl halides is 3. The van der Waals surface area contributed by atoms with Gasteiger partial charge in [-0.05, 0) is 31.2 Å². The fourth-order valence-electron chi connectivity index (χ4n) is 2.19. The van der Waals surface area contributed by atoms with Gasteiger partial charge in [0.15, 0.2) is 5.82 Å². The van der Waals surface area contributed by atoms with Crippen LogP contribution in [-0.2, 0) is 18.6 Å². The van der Waals surface area contributed by atoms with Crippen molar-refractivity contribution in [1.29, 1.82) is 0 Å². The van der Waals surface area contributed by atoms with Gasteiger partial charge in [-0.1, -0.05) is 0 Å². The first-order valence-corrected chi connectivity index (χ1v) is 6.63. The van der Waals surface area contributed by atoms with Gasteiger partial charge < -0.3 is 4.98 Å². The number of hydrogen-bond donors (Lipinski definition) is 1. The van der Waals surface area contributed by atoms with Crippen molar-refractivity contribution in [1.82, 2.24) is 15.0 Å². The molecule has 0 aliphatic rings. The van der Waals surface area contributed by atoms with E-state index in [4.69, 9.17) is 0 Å². The number of nitrogens with one attached hydrogen (secondary N) is 1. The Morgan fingerprint density at radius 1 is 1.23 bits per heavy atom. The van der Waals surface area contributed by atoms with Crippen molar-refractivity contribution in [2.75, 3.05) is 0 Å². The number of halogens is 3. The van der Waals surface area contributed by atoms with Crippen molar-refractivity contribution < 1.29 is 13.2 Å². The number of nitrogens with zero attached hydrogens (tertiary/aromatic N) is 3. The molecule has 0 saturated carbocycles. The van der Waals surface area contributed by atoms with Crippen LogP contribution in [0.15, 0.2) is 34.8 Å². The van der Waals surface area contributed by atoms with Gasteiger partial charge in [0.25, 0.3) is 0 Å². The fourth-order valence-corrected chi connectivity index (χ4v) is 2.37. The number of H-pyrrole nitrogens is 1. The molecule has 3 aromatic rings. The predicted molar refractivity (Wildman–Crippen MR) is 78.5 cm³/mol. The van der Waals surface area contributed by atoms with Gasteiger partial charge in [-0.3, -0.25) is 0 Å². The molecule has 4 nitrogen and oxygen atoms in total. The van der Waals surface area contributed by atoms with Crippen LogP contribution in [0, 0.1) is 6.92 Å². The SMILES string of the molecule is Cc1c(-c2nc3ccc(C(F)(F)F)cc3[nH]2)ccnc1N=S. The summed E-state index contributed by atoms with van der Waals surface area (Å²) in [6, 6.07) is 5.10. The van der Waals surface area contributed by atoms with Crippen molar-refractivity contribution in [3.63, 3.8) is 0 Å². The molecule has 0 aliphatic heterocycles. The number of pyridine rings is 1. The maximum Gasteiger partial charge on any atom is 0.416 e. The van der Waals surface area contributed by atoms with E-state index in [-0.39, 0.29) is 0 Å². The molecular weight excluding hydrogens is 313 g/mol. The highest BCUT2D eigenvalue weighted by atomic mass is 32.1. The Morgan fingerprint density at radius 3 is 2.68 bits per heavy atom. The number of rotatable bonds is 2. The maximum absolute atomic E-state index is 12.7. The third kappa shape index (κ3) is 2.45. The first kappa shape index (κ1) is 14.6. The van der Waals surface area contributed by atoms with E-state index in [0.717, 1.165) is 12.1 Å². The molecule has 2 aromatic heterocycles. The van der Waals surface area contributed by atoms with E-state index < -0.39 is 11.7 Å². The Bertz CT molecular complexity index is 870. The normalized spacial score (nSPS) is 11.8. The molecule has 0 bridgehead atoms. The second-order valence-corrected chi connectivity index (χ2v) is 4.90. The van der Waals surface area contributed by atoms with E-state index in [1.807, 2.05) is 0 Å². The molecule has 0 spiro atoms. The van der Waals surface area contributed by atoms with Crippen LogP contribution in [-0.4, -0.2) is 15.0 Å². The average Bonchev–Trinajstić information content (AvgIpc) is 2.89. The minimum absolute atomic E-state index is 0.317. The molecule has 0 amide bonds. The quantitative estimate of drug-likeness (QED) is 0.765. The summed E-state index contributed by atoms with van der Waals surface area (Å²) < 4.78 is 41.9. The second kappa shape index (κ2) is 5.13. The van der Waals surface area contributed by atoms with Crippen LogP contribution in [0.4, 0.5) is 19.0 Å². The smallest absolute Gasteiger partial charge is 0.338 e. The highest BCUT2D eigenvalue weighted by molar-refractivity contribution is 7.47. The molecule has 8 heteroatoms. The van der Waals surface area contributed by atoms with E-state index in [2.05, 4.69) is 31.7 Å². The monoisotopic (exact) mass is 322 g/mol. The summed E-state index contributed by atoms with van der Waals surface area (Å²) in [6.07, 6.45) is -2.86. The molecule has 0 aliphatic carbocycles. The summed E-state index contributed by atoms with van der Waals surface area (Å²) in [5.41, 5.74) is 1.47. The first-order valence-electron chi connectivity index (χ1n) is 6.26. The number of fused-ring (bicyclic) bond motifs is 1. The van der Waals surface area contributed by atoms with Gasteiger partial charge in [-0.15, -0.1) is 0 Å². The number of aromatic amines is 1. The van der Waals surface area contributed by atoms with E-state index in [1.54, 1.807) is 13.0 Å². The Labute approximate surface area is 128 Å². The lowest BCUT2D eigenvalue weighted by Gasteiger charge is -2.05. The minimum atomic E-state index is -4.39. The molecule has 0 fully saturated rings. The van der Waals surface area contributed by atoms with E-state index in [0.29, 0.717) is 33.8 Å². The minimum Gasteiger partial charge on any atom is -0.338 e. The molecule has 0 unspecified atom stereocenters. The Kier molecular flexibility index (Phi) is 3.40. The van der Waals surface area contributed by atoms with Crippen LogP contribution in [0.1, 0.15) is 11.1 Å². The average molecular weight is 322 g/mol. The van der Waals surface area contributed by atoms with Gasteiger partial charge in [0.2, 0.25) is 0 Å². The highest BCUT2D eigenvalue weighted by Gasteiger charge is 2.30. The molecule has 3 rings (SSSR count). The Balaban J connectivity index is 2.15. The third-order valence-corrected chi connectivity index (χ3v) is 3.50. The zero-order chi connectivity index (χ0) is 15.9. The van der Waals surface area contributed by atoms with Crippen LogP contribution in [0.3, 0.4) is 0 Å². The van der Waals surface area contributed by atoms with Gasteiger partial charge in [0, 0.05) is 29.7 Å². The highest BCUT2D eigenvalue weighted by Crippen LogP contribution is 2.32. The standard InChI is InChI=1S/C14H9F3N4S/c1-7-9(4-5-18-12(7)21-22)13-19-10-3-2-8(14(15,16)17)6-11(10)20-13/h2-6H,1H3,(H,19,20). The van der Waals surface area contributed by atoms with Gasteiger partial charge >= 0.3 is 6.18 Å². The molecule has 1 N–H and O–H groups in total. The Hall–Kier alpha value is -2.35. The summed E-state index contributed by atoms with van der Waals surface area (Å²) in [5, 5.41) is 0. The molecule has 0 saturated heterocycles. The van der Waals surface area contributed by atoms with Crippen LogP contribution in [0.25, 0.3) is 22.4 Å². The second-order valence-electron chi connectivity index (χ2n) is 4.71. The number of hydrogen-bond acceptors (Lipinski definition) is 4. The van der Waals surface area contributed by atoms with Gasteiger partial charge in [0.1, 0.15) is 5.82 Å². The molecule has 2 heterocycles. The zero-order valence-electron chi connectivity index (χ0n) is 11.3. The third-order valence-electron chi connectivity index (χ3n) is 3.33.